The molecular formula is C12H20N4O. The van der Waals surface area contributed by atoms with Gasteiger partial charge in [0, 0.05) is 31.7 Å². The summed E-state index contributed by atoms with van der Waals surface area (Å²) in [5.74, 6) is 0.721. The highest BCUT2D eigenvalue weighted by atomic mass is 16.2. The molecule has 94 valence electrons. The van der Waals surface area contributed by atoms with Crippen molar-refractivity contribution < 1.29 is 4.79 Å². The van der Waals surface area contributed by atoms with Gasteiger partial charge in [-0.25, -0.2) is 0 Å². The van der Waals surface area contributed by atoms with E-state index >= 15 is 0 Å². The largest absolute Gasteiger partial charge is 0.343 e. The third-order valence-corrected chi connectivity index (χ3v) is 3.34. The number of nitrogens with zero attached hydrogens (tertiary/aromatic N) is 2. The number of nitrogens with two attached hydrogens (primary N) is 1. The van der Waals surface area contributed by atoms with Gasteiger partial charge in [-0.3, -0.25) is 9.89 Å². The zero-order valence-electron chi connectivity index (χ0n) is 10.2. The predicted molar refractivity (Wildman–Crippen MR) is 65.4 cm³/mol. The van der Waals surface area contributed by atoms with Crippen molar-refractivity contribution in [2.45, 2.75) is 38.1 Å². The van der Waals surface area contributed by atoms with E-state index in [2.05, 4.69) is 10.2 Å². The molecule has 0 spiro atoms. The van der Waals surface area contributed by atoms with Crippen molar-refractivity contribution in [1.29, 1.82) is 0 Å². The summed E-state index contributed by atoms with van der Waals surface area (Å²) in [4.78, 5) is 13.8. The van der Waals surface area contributed by atoms with Gasteiger partial charge in [-0.2, -0.15) is 5.10 Å². The van der Waals surface area contributed by atoms with Crippen molar-refractivity contribution in [3.63, 3.8) is 0 Å². The maximum Gasteiger partial charge on any atom is 0.224 e. The van der Waals surface area contributed by atoms with Gasteiger partial charge in [0.1, 0.15) is 0 Å². The molecule has 1 atom stereocenters. The molecular weight excluding hydrogens is 216 g/mol. The van der Waals surface area contributed by atoms with Crippen LogP contribution in [0.2, 0.25) is 0 Å². The molecule has 0 aromatic carbocycles. The highest BCUT2D eigenvalue weighted by Gasteiger charge is 2.24. The van der Waals surface area contributed by atoms with Crippen LogP contribution in [0.4, 0.5) is 0 Å². The summed E-state index contributed by atoms with van der Waals surface area (Å²) in [5, 5.41) is 6.81. The van der Waals surface area contributed by atoms with Gasteiger partial charge in [0.2, 0.25) is 5.91 Å². The van der Waals surface area contributed by atoms with Crippen molar-refractivity contribution in [2.75, 3.05) is 13.1 Å². The number of aromatic nitrogens is 2. The van der Waals surface area contributed by atoms with Gasteiger partial charge in [0.15, 0.2) is 0 Å². The van der Waals surface area contributed by atoms with E-state index in [0.717, 1.165) is 25.9 Å². The fourth-order valence-corrected chi connectivity index (χ4v) is 2.35. The quantitative estimate of drug-likeness (QED) is 0.817. The van der Waals surface area contributed by atoms with Crippen LogP contribution in [0.1, 0.15) is 37.7 Å². The zero-order chi connectivity index (χ0) is 12.3. The lowest BCUT2D eigenvalue weighted by atomic mass is 9.91. The molecule has 1 aromatic rings. The molecule has 2 rings (SSSR count). The predicted octanol–water partition coefficient (Wildman–Crippen LogP) is 0.853. The first-order valence-corrected chi connectivity index (χ1v) is 6.19. The van der Waals surface area contributed by atoms with Crippen molar-refractivity contribution >= 4 is 5.91 Å². The lowest BCUT2D eigenvalue weighted by molar-refractivity contribution is -0.132. The Morgan fingerprint density at radius 3 is 2.88 bits per heavy atom. The Balaban J connectivity index is 1.84. The number of hydrogen-bond donors (Lipinski definition) is 2. The number of carbonyl (C=O) groups is 1. The van der Waals surface area contributed by atoms with Gasteiger partial charge in [-0.15, -0.1) is 0 Å². The molecule has 5 heteroatoms. The van der Waals surface area contributed by atoms with Gasteiger partial charge in [0.05, 0.1) is 6.20 Å². The van der Waals surface area contributed by atoms with Gasteiger partial charge < -0.3 is 10.6 Å². The lowest BCUT2D eigenvalue weighted by Gasteiger charge is -2.32. The molecule has 17 heavy (non-hydrogen) atoms. The molecule has 1 fully saturated rings. The minimum absolute atomic E-state index is 0.0471. The normalized spacial score (nSPS) is 19.3. The van der Waals surface area contributed by atoms with E-state index in [1.54, 1.807) is 0 Å². The molecule has 2 heterocycles. The maximum absolute atomic E-state index is 11.8. The van der Waals surface area contributed by atoms with Gasteiger partial charge in [-0.1, -0.05) is 0 Å². The molecule has 1 aromatic heterocycles. The van der Waals surface area contributed by atoms with Crippen LogP contribution in [0.15, 0.2) is 12.4 Å². The molecule has 1 amide bonds. The van der Waals surface area contributed by atoms with Crippen LogP contribution >= 0.6 is 0 Å². The van der Waals surface area contributed by atoms with Gasteiger partial charge in [0.25, 0.3) is 0 Å². The summed E-state index contributed by atoms with van der Waals surface area (Å²) >= 11 is 0. The number of piperidine rings is 1. The second kappa shape index (κ2) is 5.31. The number of nitrogens with one attached hydrogen (secondary N) is 1. The minimum Gasteiger partial charge on any atom is -0.343 e. The highest BCUT2D eigenvalue weighted by Crippen LogP contribution is 2.27. The smallest absolute Gasteiger partial charge is 0.224 e. The summed E-state index contributed by atoms with van der Waals surface area (Å²) < 4.78 is 0. The van der Waals surface area contributed by atoms with Crippen molar-refractivity contribution in [2.24, 2.45) is 5.73 Å². The van der Waals surface area contributed by atoms with Gasteiger partial charge in [-0.05, 0) is 31.2 Å². The molecule has 3 N–H and O–H groups in total. The number of amides is 1. The molecule has 1 unspecified atom stereocenters. The Labute approximate surface area is 101 Å². The van der Waals surface area contributed by atoms with E-state index in [1.165, 1.54) is 5.56 Å². The zero-order valence-corrected chi connectivity index (χ0v) is 10.2. The highest BCUT2D eigenvalue weighted by molar-refractivity contribution is 5.76. The monoisotopic (exact) mass is 236 g/mol. The molecule has 1 saturated heterocycles. The standard InChI is InChI=1S/C12H20N4O/c1-9(13)6-12(17)16-4-2-10(3-5-16)11-7-14-15-8-11/h7-10H,2-6,13H2,1H3,(H,14,15). The van der Waals surface area contributed by atoms with E-state index < -0.39 is 0 Å². The molecule has 0 radical (unpaired) electrons. The van der Waals surface area contributed by atoms with Crippen molar-refractivity contribution in [1.82, 2.24) is 15.1 Å². The second-order valence-electron chi connectivity index (χ2n) is 4.87. The maximum atomic E-state index is 11.8. The third-order valence-electron chi connectivity index (χ3n) is 3.34. The number of carbonyl (C=O) groups excluding carboxylic acids is 1. The van der Waals surface area contributed by atoms with Crippen LogP contribution in [0, 0.1) is 0 Å². The van der Waals surface area contributed by atoms with Crippen molar-refractivity contribution in [3.05, 3.63) is 18.0 Å². The summed E-state index contributed by atoms with van der Waals surface area (Å²) in [5.41, 5.74) is 6.90. The Kier molecular flexibility index (Phi) is 3.78. The summed E-state index contributed by atoms with van der Waals surface area (Å²) in [6.07, 6.45) is 6.32. The summed E-state index contributed by atoms with van der Waals surface area (Å²) in [6, 6.07) is -0.0471. The summed E-state index contributed by atoms with van der Waals surface area (Å²) in [7, 11) is 0. The summed E-state index contributed by atoms with van der Waals surface area (Å²) in [6.45, 7) is 3.54. The molecule has 1 aliphatic heterocycles. The molecule has 0 aliphatic carbocycles. The average molecular weight is 236 g/mol. The lowest BCUT2D eigenvalue weighted by Crippen LogP contribution is -2.40. The molecule has 5 nitrogen and oxygen atoms in total. The van der Waals surface area contributed by atoms with Crippen LogP contribution in [0.5, 0.6) is 0 Å². The fraction of sp³-hybridized carbons (Fsp3) is 0.667. The molecule has 0 saturated carbocycles. The SMILES string of the molecule is CC(N)CC(=O)N1CCC(c2cn[nH]c2)CC1. The number of hydrogen-bond acceptors (Lipinski definition) is 3. The molecule has 0 bridgehead atoms. The number of likely N-dealkylation sites (tertiary alicyclic amines) is 1. The first-order chi connectivity index (χ1) is 8.16. The van der Waals surface area contributed by atoms with E-state index in [4.69, 9.17) is 5.73 Å². The fourth-order valence-electron chi connectivity index (χ4n) is 2.35. The first kappa shape index (κ1) is 12.1. The number of aromatic amines is 1. The van der Waals surface area contributed by atoms with E-state index in [1.807, 2.05) is 24.2 Å². The van der Waals surface area contributed by atoms with Gasteiger partial charge >= 0.3 is 0 Å². The van der Waals surface area contributed by atoms with Crippen LogP contribution in [0.3, 0.4) is 0 Å². The second-order valence-corrected chi connectivity index (χ2v) is 4.87. The Morgan fingerprint density at radius 2 is 2.35 bits per heavy atom. The number of H-pyrrole nitrogens is 1. The minimum atomic E-state index is -0.0471. The van der Waals surface area contributed by atoms with E-state index in [9.17, 15) is 4.79 Å². The van der Waals surface area contributed by atoms with Crippen LogP contribution in [-0.2, 0) is 4.79 Å². The Hall–Kier alpha value is -1.36. The Bertz CT molecular complexity index is 353. The van der Waals surface area contributed by atoms with Crippen LogP contribution in [-0.4, -0.2) is 40.1 Å². The van der Waals surface area contributed by atoms with Crippen LogP contribution < -0.4 is 5.73 Å². The van der Waals surface area contributed by atoms with Crippen molar-refractivity contribution in [3.8, 4) is 0 Å². The van der Waals surface area contributed by atoms with Crippen LogP contribution in [0.25, 0.3) is 0 Å². The number of rotatable bonds is 3. The first-order valence-electron chi connectivity index (χ1n) is 6.19. The Morgan fingerprint density at radius 1 is 1.65 bits per heavy atom. The molecule has 1 aliphatic rings. The average Bonchev–Trinajstić information content (AvgIpc) is 2.82. The van der Waals surface area contributed by atoms with E-state index in [0.29, 0.717) is 12.3 Å². The van der Waals surface area contributed by atoms with E-state index in [-0.39, 0.29) is 11.9 Å². The third kappa shape index (κ3) is 3.06. The topological polar surface area (TPSA) is 75.0 Å².